The number of carbonyl (C=O) groups is 1. The second-order valence-electron chi connectivity index (χ2n) is 4.82. The summed E-state index contributed by atoms with van der Waals surface area (Å²) < 4.78 is 14.3. The van der Waals surface area contributed by atoms with E-state index in [1.165, 1.54) is 0 Å². The highest BCUT2D eigenvalue weighted by molar-refractivity contribution is 7.08. The second kappa shape index (κ2) is 7.70. The van der Waals surface area contributed by atoms with Gasteiger partial charge in [0, 0.05) is 5.56 Å². The van der Waals surface area contributed by atoms with E-state index in [1.807, 2.05) is 37.3 Å². The van der Waals surface area contributed by atoms with Crippen molar-refractivity contribution < 1.29 is 14.3 Å². The van der Waals surface area contributed by atoms with Gasteiger partial charge in [0.2, 0.25) is 0 Å². The van der Waals surface area contributed by atoms with Crippen LogP contribution in [0.25, 0.3) is 11.3 Å². The summed E-state index contributed by atoms with van der Waals surface area (Å²) in [4.78, 5) is 12.6. The lowest BCUT2D eigenvalue weighted by molar-refractivity contribution is 0.0498. The summed E-state index contributed by atoms with van der Waals surface area (Å²) in [6.07, 6.45) is 2.59. The van der Waals surface area contributed by atoms with Crippen LogP contribution in [0.2, 0.25) is 0 Å². The van der Waals surface area contributed by atoms with E-state index in [2.05, 4.69) is 16.2 Å². The minimum atomic E-state index is -0.392. The zero-order valence-corrected chi connectivity index (χ0v) is 13.4. The van der Waals surface area contributed by atoms with Crippen LogP contribution >= 0.6 is 11.5 Å². The van der Waals surface area contributed by atoms with Gasteiger partial charge in [0.25, 0.3) is 0 Å². The molecule has 0 amide bonds. The van der Waals surface area contributed by atoms with Crippen LogP contribution in [-0.4, -0.2) is 29.3 Å². The van der Waals surface area contributed by atoms with E-state index in [-0.39, 0.29) is 0 Å². The fourth-order valence-electron chi connectivity index (χ4n) is 1.78. The van der Waals surface area contributed by atoms with Crippen LogP contribution in [0.3, 0.4) is 0 Å². The van der Waals surface area contributed by atoms with Gasteiger partial charge in [0.1, 0.15) is 11.4 Å². The van der Waals surface area contributed by atoms with Crippen LogP contribution in [0.15, 0.2) is 36.9 Å². The van der Waals surface area contributed by atoms with E-state index < -0.39 is 5.97 Å². The molecule has 0 aliphatic carbocycles. The van der Waals surface area contributed by atoms with Gasteiger partial charge in [-0.25, -0.2) is 4.79 Å². The number of ether oxygens (including phenoxy) is 2. The zero-order valence-electron chi connectivity index (χ0n) is 12.6. The summed E-state index contributed by atoms with van der Waals surface area (Å²) in [5.74, 6) is 0.667. The maximum absolute atomic E-state index is 12.2. The first-order chi connectivity index (χ1) is 10.7. The third kappa shape index (κ3) is 3.92. The van der Waals surface area contributed by atoms with Gasteiger partial charge in [-0.05, 0) is 48.1 Å². The normalized spacial score (nSPS) is 11.7. The Balaban J connectivity index is 2.07. The fraction of sp³-hybridized carbons (Fsp3) is 0.312. The van der Waals surface area contributed by atoms with Gasteiger partial charge in [-0.3, -0.25) is 0 Å². The third-order valence-electron chi connectivity index (χ3n) is 3.25. The molecule has 1 atom stereocenters. The number of esters is 1. The highest BCUT2D eigenvalue weighted by Crippen LogP contribution is 2.26. The topological polar surface area (TPSA) is 61.3 Å². The molecule has 0 aliphatic heterocycles. The zero-order chi connectivity index (χ0) is 15.9. The molecule has 0 radical (unpaired) electrons. The van der Waals surface area contributed by atoms with Crippen molar-refractivity contribution in [1.29, 1.82) is 0 Å². The number of aromatic nitrogens is 2. The van der Waals surface area contributed by atoms with Crippen LogP contribution < -0.4 is 4.74 Å². The largest absolute Gasteiger partial charge is 0.497 e. The number of allylic oxidation sites excluding steroid dienone is 1. The van der Waals surface area contributed by atoms with Crippen molar-refractivity contribution in [2.45, 2.75) is 13.3 Å². The van der Waals surface area contributed by atoms with Gasteiger partial charge in [-0.2, -0.15) is 0 Å². The first-order valence-electron chi connectivity index (χ1n) is 6.92. The van der Waals surface area contributed by atoms with Crippen molar-refractivity contribution in [2.24, 2.45) is 5.92 Å². The predicted octanol–water partition coefficient (Wildman–Crippen LogP) is 3.58. The van der Waals surface area contributed by atoms with Crippen LogP contribution in [0.4, 0.5) is 0 Å². The molecule has 1 unspecified atom stereocenters. The predicted molar refractivity (Wildman–Crippen MR) is 86.2 cm³/mol. The Labute approximate surface area is 133 Å². The molecule has 0 saturated heterocycles. The lowest BCUT2D eigenvalue weighted by atomic mass is 10.1. The van der Waals surface area contributed by atoms with Gasteiger partial charge in [0.05, 0.1) is 13.7 Å². The lowest BCUT2D eigenvalue weighted by Gasteiger charge is -2.07. The minimum Gasteiger partial charge on any atom is -0.497 e. The standard InChI is InChI=1S/C16H18N2O3S/c1-4-11(2)9-10-21-16(19)15-14(17-18-22-15)12-5-7-13(20-3)8-6-12/h4-8,11H,1,9-10H2,2-3H3. The SMILES string of the molecule is C=CC(C)CCOC(=O)c1snnc1-c1ccc(OC)cc1. The second-order valence-corrected chi connectivity index (χ2v) is 5.57. The van der Waals surface area contributed by atoms with Crippen LogP contribution in [-0.2, 0) is 4.74 Å². The van der Waals surface area contributed by atoms with E-state index >= 15 is 0 Å². The number of hydrogen-bond acceptors (Lipinski definition) is 6. The van der Waals surface area contributed by atoms with Crippen molar-refractivity contribution in [2.75, 3.05) is 13.7 Å². The molecular weight excluding hydrogens is 300 g/mol. The molecule has 0 spiro atoms. The molecule has 6 heteroatoms. The van der Waals surface area contributed by atoms with E-state index in [9.17, 15) is 4.79 Å². The summed E-state index contributed by atoms with van der Waals surface area (Å²) >= 11 is 1.04. The Morgan fingerprint density at radius 2 is 2.14 bits per heavy atom. The average molecular weight is 318 g/mol. The quantitative estimate of drug-likeness (QED) is 0.577. The van der Waals surface area contributed by atoms with Gasteiger partial charge in [-0.1, -0.05) is 17.5 Å². The van der Waals surface area contributed by atoms with E-state index in [0.29, 0.717) is 23.1 Å². The molecule has 1 aromatic carbocycles. The smallest absolute Gasteiger partial charge is 0.352 e. The maximum atomic E-state index is 12.2. The summed E-state index contributed by atoms with van der Waals surface area (Å²) in [7, 11) is 1.60. The average Bonchev–Trinajstić information content (AvgIpc) is 3.04. The number of nitrogens with zero attached hydrogens (tertiary/aromatic N) is 2. The molecule has 0 N–H and O–H groups in total. The number of benzene rings is 1. The Morgan fingerprint density at radius 1 is 1.41 bits per heavy atom. The Hall–Kier alpha value is -2.21. The summed E-state index contributed by atoms with van der Waals surface area (Å²) in [5, 5.41) is 4.03. The first-order valence-corrected chi connectivity index (χ1v) is 7.69. The van der Waals surface area contributed by atoms with E-state index in [1.54, 1.807) is 7.11 Å². The molecule has 116 valence electrons. The first kappa shape index (κ1) is 16.2. The summed E-state index contributed by atoms with van der Waals surface area (Å²) in [5.41, 5.74) is 1.34. The fourth-order valence-corrected chi connectivity index (χ4v) is 2.37. The number of hydrogen-bond donors (Lipinski definition) is 0. The van der Waals surface area contributed by atoms with E-state index in [0.717, 1.165) is 29.3 Å². The monoisotopic (exact) mass is 318 g/mol. The molecule has 0 fully saturated rings. The summed E-state index contributed by atoms with van der Waals surface area (Å²) in [6, 6.07) is 7.31. The molecular formula is C16H18N2O3S. The molecule has 0 bridgehead atoms. The van der Waals surface area contributed by atoms with Crippen molar-refractivity contribution in [1.82, 2.24) is 9.59 Å². The van der Waals surface area contributed by atoms with Crippen molar-refractivity contribution in [3.8, 4) is 17.0 Å². The Morgan fingerprint density at radius 3 is 2.77 bits per heavy atom. The lowest BCUT2D eigenvalue weighted by Crippen LogP contribution is -2.08. The number of carbonyl (C=O) groups excluding carboxylic acids is 1. The van der Waals surface area contributed by atoms with Crippen molar-refractivity contribution >= 4 is 17.5 Å². The Bertz CT molecular complexity index is 637. The van der Waals surface area contributed by atoms with E-state index in [4.69, 9.17) is 9.47 Å². The third-order valence-corrected chi connectivity index (χ3v) is 3.95. The Kier molecular flexibility index (Phi) is 5.66. The van der Waals surface area contributed by atoms with Crippen molar-refractivity contribution in [3.05, 3.63) is 41.8 Å². The molecule has 5 nitrogen and oxygen atoms in total. The molecule has 2 rings (SSSR count). The van der Waals surface area contributed by atoms with Gasteiger partial charge >= 0.3 is 5.97 Å². The number of methoxy groups -OCH3 is 1. The molecule has 2 aromatic rings. The van der Waals surface area contributed by atoms with Crippen LogP contribution in [0.1, 0.15) is 23.0 Å². The van der Waals surface area contributed by atoms with Gasteiger partial charge in [-0.15, -0.1) is 11.7 Å². The van der Waals surface area contributed by atoms with Crippen LogP contribution in [0, 0.1) is 5.92 Å². The maximum Gasteiger partial charge on any atom is 0.352 e. The highest BCUT2D eigenvalue weighted by Gasteiger charge is 2.19. The summed E-state index contributed by atoms with van der Waals surface area (Å²) in [6.45, 7) is 6.09. The minimum absolute atomic E-state index is 0.313. The van der Waals surface area contributed by atoms with Gasteiger partial charge < -0.3 is 9.47 Å². The number of rotatable bonds is 7. The molecule has 0 aliphatic rings. The van der Waals surface area contributed by atoms with Gasteiger partial charge in [0.15, 0.2) is 4.88 Å². The molecule has 22 heavy (non-hydrogen) atoms. The highest BCUT2D eigenvalue weighted by atomic mass is 32.1. The molecule has 0 saturated carbocycles. The van der Waals surface area contributed by atoms with Crippen molar-refractivity contribution in [3.63, 3.8) is 0 Å². The van der Waals surface area contributed by atoms with Crippen LogP contribution in [0.5, 0.6) is 5.75 Å². The molecule has 1 heterocycles. The molecule has 1 aromatic heterocycles.